The molecule has 0 aromatic heterocycles. The van der Waals surface area contributed by atoms with Crippen LogP contribution in [0.3, 0.4) is 0 Å². The van der Waals surface area contributed by atoms with Gasteiger partial charge >= 0.3 is 0 Å². The van der Waals surface area contributed by atoms with E-state index < -0.39 is 4.92 Å². The number of halogens is 2. The highest BCUT2D eigenvalue weighted by Crippen LogP contribution is 2.36. The lowest BCUT2D eigenvalue weighted by Gasteiger charge is -2.35. The minimum absolute atomic E-state index is 0.100. The molecule has 6 nitrogen and oxygen atoms in total. The van der Waals surface area contributed by atoms with E-state index in [0.29, 0.717) is 18.8 Å². The van der Waals surface area contributed by atoms with Crippen molar-refractivity contribution in [2.45, 2.75) is 45.6 Å². The number of carbonyl (C=O) groups is 1. The number of nitro benzene ring substituents is 1. The van der Waals surface area contributed by atoms with Crippen LogP contribution < -0.4 is 5.32 Å². The maximum atomic E-state index is 12.4. The van der Waals surface area contributed by atoms with Crippen LogP contribution in [-0.2, 0) is 4.79 Å². The predicted octanol–water partition coefficient (Wildman–Crippen LogP) is 4.74. The lowest BCUT2D eigenvalue weighted by Crippen LogP contribution is -2.44. The van der Waals surface area contributed by atoms with Crippen molar-refractivity contribution in [2.75, 3.05) is 18.4 Å². The van der Waals surface area contributed by atoms with Gasteiger partial charge in [-0.2, -0.15) is 0 Å². The Kier molecular flexibility index (Phi) is 6.90. The summed E-state index contributed by atoms with van der Waals surface area (Å²) < 4.78 is 0. The number of likely N-dealkylation sites (tertiary alicyclic amines) is 1. The quantitative estimate of drug-likeness (QED) is 0.564. The molecule has 0 radical (unpaired) electrons. The van der Waals surface area contributed by atoms with Gasteiger partial charge in [0.1, 0.15) is 0 Å². The van der Waals surface area contributed by atoms with Crippen molar-refractivity contribution in [3.63, 3.8) is 0 Å². The van der Waals surface area contributed by atoms with Gasteiger partial charge < -0.3 is 10.2 Å². The van der Waals surface area contributed by atoms with Crippen LogP contribution in [0.2, 0.25) is 10.0 Å². The number of anilines is 1. The van der Waals surface area contributed by atoms with Gasteiger partial charge in [-0.1, -0.05) is 37.0 Å². The lowest BCUT2D eigenvalue weighted by atomic mass is 9.98. The number of hydrogen-bond donors (Lipinski definition) is 1. The van der Waals surface area contributed by atoms with Gasteiger partial charge in [-0.25, -0.2) is 0 Å². The Hall–Kier alpha value is -1.53. The average Bonchev–Trinajstić information content (AvgIpc) is 2.59. The van der Waals surface area contributed by atoms with E-state index in [9.17, 15) is 14.9 Å². The van der Waals surface area contributed by atoms with Gasteiger partial charge in [-0.15, -0.1) is 0 Å². The van der Waals surface area contributed by atoms with Crippen molar-refractivity contribution in [3.8, 4) is 0 Å². The van der Waals surface area contributed by atoms with Crippen LogP contribution in [0.25, 0.3) is 0 Å². The first-order valence-electron chi connectivity index (χ1n) is 8.56. The Morgan fingerprint density at radius 3 is 2.24 bits per heavy atom. The van der Waals surface area contributed by atoms with Crippen LogP contribution in [0.15, 0.2) is 12.1 Å². The van der Waals surface area contributed by atoms with Gasteiger partial charge in [0, 0.05) is 37.2 Å². The summed E-state index contributed by atoms with van der Waals surface area (Å²) in [5.74, 6) is 0.331. The summed E-state index contributed by atoms with van der Waals surface area (Å²) in [7, 11) is 0. The van der Waals surface area contributed by atoms with E-state index >= 15 is 0 Å². The number of piperidine rings is 1. The maximum absolute atomic E-state index is 12.4. The fourth-order valence-electron chi connectivity index (χ4n) is 3.15. The standard InChI is InChI=1S/C17H23Cl2N3O3/c1-3-11(4-2)17(23)21-7-5-12(6-8-21)20-16-14(18)9-13(22(24)25)10-15(16)19/h9-12,20H,3-8H2,1-2H3. The molecule has 138 valence electrons. The van der Waals surface area contributed by atoms with E-state index in [2.05, 4.69) is 5.32 Å². The number of amides is 1. The number of benzene rings is 1. The first kappa shape index (κ1) is 19.8. The first-order valence-corrected chi connectivity index (χ1v) is 9.31. The fraction of sp³-hybridized carbons (Fsp3) is 0.588. The molecule has 1 fully saturated rings. The molecule has 0 atom stereocenters. The minimum Gasteiger partial charge on any atom is -0.380 e. The predicted molar refractivity (Wildman–Crippen MR) is 100 cm³/mol. The molecule has 1 amide bonds. The van der Waals surface area contributed by atoms with Crippen molar-refractivity contribution in [1.82, 2.24) is 4.90 Å². The summed E-state index contributed by atoms with van der Waals surface area (Å²) in [5, 5.41) is 14.6. The SMILES string of the molecule is CCC(CC)C(=O)N1CCC(Nc2c(Cl)cc([N+](=O)[O-])cc2Cl)CC1. The molecule has 0 saturated carbocycles. The van der Waals surface area contributed by atoms with E-state index in [-0.39, 0.29) is 33.6 Å². The van der Waals surface area contributed by atoms with E-state index in [4.69, 9.17) is 23.2 Å². The Morgan fingerprint density at radius 1 is 1.28 bits per heavy atom. The van der Waals surface area contributed by atoms with Gasteiger partial charge in [-0.3, -0.25) is 14.9 Å². The molecule has 1 heterocycles. The molecule has 2 rings (SSSR count). The second kappa shape index (κ2) is 8.72. The van der Waals surface area contributed by atoms with Crippen molar-refractivity contribution in [3.05, 3.63) is 32.3 Å². The zero-order chi connectivity index (χ0) is 18.6. The monoisotopic (exact) mass is 387 g/mol. The highest BCUT2D eigenvalue weighted by molar-refractivity contribution is 6.39. The molecule has 0 unspecified atom stereocenters. The molecular weight excluding hydrogens is 365 g/mol. The number of nitro groups is 1. The van der Waals surface area contributed by atoms with Gasteiger partial charge in [0.15, 0.2) is 0 Å². The summed E-state index contributed by atoms with van der Waals surface area (Å²) in [6.45, 7) is 5.46. The van der Waals surface area contributed by atoms with Gasteiger partial charge in [0.25, 0.3) is 5.69 Å². The van der Waals surface area contributed by atoms with Crippen molar-refractivity contribution < 1.29 is 9.72 Å². The zero-order valence-electron chi connectivity index (χ0n) is 14.4. The second-order valence-electron chi connectivity index (χ2n) is 6.30. The van der Waals surface area contributed by atoms with Crippen LogP contribution in [0.1, 0.15) is 39.5 Å². The number of hydrogen-bond acceptors (Lipinski definition) is 4. The lowest BCUT2D eigenvalue weighted by molar-refractivity contribution is -0.384. The zero-order valence-corrected chi connectivity index (χ0v) is 15.9. The van der Waals surface area contributed by atoms with Gasteiger partial charge in [0.05, 0.1) is 20.7 Å². The van der Waals surface area contributed by atoms with Crippen molar-refractivity contribution in [2.24, 2.45) is 5.92 Å². The summed E-state index contributed by atoms with van der Waals surface area (Å²) in [4.78, 5) is 24.7. The third-order valence-electron chi connectivity index (χ3n) is 4.73. The largest absolute Gasteiger partial charge is 0.380 e. The Balaban J connectivity index is 1.99. The van der Waals surface area contributed by atoms with Crippen LogP contribution in [0.4, 0.5) is 11.4 Å². The van der Waals surface area contributed by atoms with E-state index in [0.717, 1.165) is 25.7 Å². The van der Waals surface area contributed by atoms with E-state index in [1.54, 1.807) is 0 Å². The Morgan fingerprint density at radius 2 is 1.80 bits per heavy atom. The number of nitrogens with zero attached hydrogens (tertiary/aromatic N) is 2. The van der Waals surface area contributed by atoms with Crippen LogP contribution in [0, 0.1) is 16.0 Å². The molecular formula is C17H23Cl2N3O3. The molecule has 1 N–H and O–H groups in total. The smallest absolute Gasteiger partial charge is 0.272 e. The molecule has 1 aliphatic rings. The highest BCUT2D eigenvalue weighted by atomic mass is 35.5. The minimum atomic E-state index is -0.524. The second-order valence-corrected chi connectivity index (χ2v) is 7.11. The first-order chi connectivity index (χ1) is 11.9. The Labute approximate surface area is 157 Å². The number of non-ortho nitro benzene ring substituents is 1. The number of rotatable bonds is 6. The third-order valence-corrected chi connectivity index (χ3v) is 5.32. The van der Waals surface area contributed by atoms with Crippen LogP contribution >= 0.6 is 23.2 Å². The topological polar surface area (TPSA) is 75.5 Å². The van der Waals surface area contributed by atoms with Crippen molar-refractivity contribution >= 4 is 40.5 Å². The van der Waals surface area contributed by atoms with Crippen LogP contribution in [-0.4, -0.2) is 34.9 Å². The molecule has 0 spiro atoms. The number of carbonyl (C=O) groups excluding carboxylic acids is 1. The van der Waals surface area contributed by atoms with Gasteiger partial charge in [-0.05, 0) is 25.7 Å². The van der Waals surface area contributed by atoms with Crippen LogP contribution in [0.5, 0.6) is 0 Å². The molecule has 1 aromatic rings. The highest BCUT2D eigenvalue weighted by Gasteiger charge is 2.27. The normalized spacial score (nSPS) is 15.5. The fourth-order valence-corrected chi connectivity index (χ4v) is 3.73. The summed E-state index contributed by atoms with van der Waals surface area (Å²) in [5.41, 5.74) is 0.379. The molecule has 0 aliphatic carbocycles. The number of nitrogens with one attached hydrogen (secondary N) is 1. The van der Waals surface area contributed by atoms with E-state index in [1.165, 1.54) is 12.1 Å². The van der Waals surface area contributed by atoms with E-state index in [1.807, 2.05) is 18.7 Å². The summed E-state index contributed by atoms with van der Waals surface area (Å²) in [6.07, 6.45) is 3.30. The molecule has 1 aliphatic heterocycles. The molecule has 25 heavy (non-hydrogen) atoms. The summed E-state index contributed by atoms with van der Waals surface area (Å²) in [6, 6.07) is 2.71. The molecule has 1 aromatic carbocycles. The third kappa shape index (κ3) is 4.76. The van der Waals surface area contributed by atoms with Crippen molar-refractivity contribution in [1.29, 1.82) is 0 Å². The summed E-state index contributed by atoms with van der Waals surface area (Å²) >= 11 is 12.3. The molecule has 1 saturated heterocycles. The molecule has 0 bridgehead atoms. The average molecular weight is 388 g/mol. The maximum Gasteiger partial charge on any atom is 0.272 e. The molecule has 8 heteroatoms. The Bertz CT molecular complexity index is 619. The van der Waals surface area contributed by atoms with Gasteiger partial charge in [0.2, 0.25) is 5.91 Å².